The maximum atomic E-state index is 12.8. The first-order valence-electron chi connectivity index (χ1n) is 11.3. The Balaban J connectivity index is 1.32. The average molecular weight is 487 g/mol. The third-order valence-corrected chi connectivity index (χ3v) is 8.81. The van der Waals surface area contributed by atoms with Crippen LogP contribution >= 0.6 is 11.3 Å². The largest absolute Gasteiger partial charge is 0.325 e. The first-order chi connectivity index (χ1) is 15.7. The monoisotopic (exact) mass is 486 g/mol. The predicted octanol–water partition coefficient (Wildman–Crippen LogP) is 4.19. The van der Waals surface area contributed by atoms with Gasteiger partial charge in [0.05, 0.1) is 26.2 Å². The highest BCUT2D eigenvalue weighted by Gasteiger charge is 2.29. The summed E-state index contributed by atoms with van der Waals surface area (Å²) in [6.07, 6.45) is 1.96. The van der Waals surface area contributed by atoms with Crippen LogP contribution in [0.5, 0.6) is 0 Å². The number of nitrogens with one attached hydrogen (secondary N) is 2. The van der Waals surface area contributed by atoms with Gasteiger partial charge in [-0.15, -0.1) is 11.3 Å². The minimum absolute atomic E-state index is 0.0932. The molecule has 1 aliphatic heterocycles. The third-order valence-electron chi connectivity index (χ3n) is 5.94. The molecule has 1 atom stereocenters. The van der Waals surface area contributed by atoms with Crippen molar-refractivity contribution >= 4 is 43.2 Å². The van der Waals surface area contributed by atoms with Gasteiger partial charge in [0.1, 0.15) is 0 Å². The van der Waals surface area contributed by atoms with Gasteiger partial charge in [0.25, 0.3) is 0 Å². The molecule has 7 nitrogen and oxygen atoms in total. The first kappa shape index (κ1) is 23.8. The Morgan fingerprint density at radius 3 is 2.36 bits per heavy atom. The quantitative estimate of drug-likeness (QED) is 0.523. The van der Waals surface area contributed by atoms with Gasteiger partial charge in [-0.2, -0.15) is 0 Å². The molecule has 0 saturated carbocycles. The Labute approximate surface area is 199 Å². The molecule has 1 aliphatic rings. The van der Waals surface area contributed by atoms with E-state index in [9.17, 15) is 13.2 Å². The number of aromatic nitrogens is 1. The van der Waals surface area contributed by atoms with Gasteiger partial charge < -0.3 is 5.32 Å². The molecule has 1 unspecified atom stereocenters. The number of benzene rings is 2. The molecule has 2 heterocycles. The molecule has 3 aromatic rings. The van der Waals surface area contributed by atoms with E-state index in [-0.39, 0.29) is 22.9 Å². The first-order valence-corrected chi connectivity index (χ1v) is 13.6. The van der Waals surface area contributed by atoms with Crippen LogP contribution < -0.4 is 10.0 Å². The van der Waals surface area contributed by atoms with Crippen molar-refractivity contribution in [3.05, 3.63) is 53.5 Å². The van der Waals surface area contributed by atoms with Crippen LogP contribution in [0.3, 0.4) is 0 Å². The summed E-state index contributed by atoms with van der Waals surface area (Å²) in [7, 11) is -3.55. The van der Waals surface area contributed by atoms with Crippen molar-refractivity contribution in [1.82, 2.24) is 14.6 Å². The van der Waals surface area contributed by atoms with Gasteiger partial charge in [-0.3, -0.25) is 9.69 Å². The summed E-state index contributed by atoms with van der Waals surface area (Å²) in [5, 5.41) is 4.10. The number of amides is 1. The molecule has 0 spiro atoms. The highest BCUT2D eigenvalue weighted by atomic mass is 32.2. The van der Waals surface area contributed by atoms with E-state index >= 15 is 0 Å². The van der Waals surface area contributed by atoms with Crippen molar-refractivity contribution in [2.24, 2.45) is 0 Å². The molecule has 176 valence electrons. The number of rotatable bonds is 7. The second-order valence-electron chi connectivity index (χ2n) is 8.80. The Bertz CT molecular complexity index is 1180. The van der Waals surface area contributed by atoms with Gasteiger partial charge >= 0.3 is 0 Å². The number of para-hydroxylation sites is 1. The van der Waals surface area contributed by atoms with E-state index in [0.29, 0.717) is 11.6 Å². The molecular formula is C24H30N4O3S2. The number of piperidine rings is 1. The van der Waals surface area contributed by atoms with Crippen molar-refractivity contribution in [1.29, 1.82) is 0 Å². The zero-order valence-electron chi connectivity index (χ0n) is 19.1. The van der Waals surface area contributed by atoms with Gasteiger partial charge in [0, 0.05) is 17.6 Å². The molecule has 1 fully saturated rings. The summed E-state index contributed by atoms with van der Waals surface area (Å²) in [4.78, 5) is 20.0. The van der Waals surface area contributed by atoms with Crippen molar-refractivity contribution < 1.29 is 13.2 Å². The number of fused-ring (bicyclic) bond motifs is 1. The molecule has 9 heteroatoms. The van der Waals surface area contributed by atoms with Crippen LogP contribution in [0, 0.1) is 0 Å². The van der Waals surface area contributed by atoms with Crippen molar-refractivity contribution in [2.45, 2.75) is 56.5 Å². The lowest BCUT2D eigenvalue weighted by Gasteiger charge is -2.34. The second-order valence-corrected chi connectivity index (χ2v) is 11.6. The minimum Gasteiger partial charge on any atom is -0.325 e. The lowest BCUT2D eigenvalue weighted by Crippen LogP contribution is -2.45. The zero-order valence-corrected chi connectivity index (χ0v) is 20.7. The van der Waals surface area contributed by atoms with Crippen LogP contribution in [0.2, 0.25) is 0 Å². The molecular weight excluding hydrogens is 456 g/mol. The van der Waals surface area contributed by atoms with Gasteiger partial charge in [-0.1, -0.05) is 12.1 Å². The number of thiazole rings is 1. The molecule has 4 rings (SSSR count). The summed E-state index contributed by atoms with van der Waals surface area (Å²) in [5.41, 5.74) is 1.64. The fourth-order valence-electron chi connectivity index (χ4n) is 4.11. The van der Waals surface area contributed by atoms with E-state index in [1.807, 2.05) is 19.1 Å². The number of carbonyl (C=O) groups excluding carboxylic acids is 1. The molecule has 0 bridgehead atoms. The van der Waals surface area contributed by atoms with E-state index in [1.54, 1.807) is 37.3 Å². The Morgan fingerprint density at radius 2 is 1.73 bits per heavy atom. The fraction of sp³-hybridized carbons (Fsp3) is 0.417. The molecule has 1 amide bonds. The molecule has 0 radical (unpaired) electrons. The molecule has 33 heavy (non-hydrogen) atoms. The normalized spacial score (nSPS) is 16.8. The Kier molecular flexibility index (Phi) is 7.13. The number of anilines is 1. The molecule has 1 aromatic heterocycles. The van der Waals surface area contributed by atoms with Gasteiger partial charge in [-0.05, 0) is 83.1 Å². The van der Waals surface area contributed by atoms with Gasteiger partial charge in [-0.25, -0.2) is 18.1 Å². The SMILES string of the molecule is CC(C)NS(=O)(=O)c1ccc(NC(=O)C(C)N2CCC(c3nc4ccccc4s3)CC2)cc1. The zero-order chi connectivity index (χ0) is 23.6. The Morgan fingerprint density at radius 1 is 1.06 bits per heavy atom. The topological polar surface area (TPSA) is 91.4 Å². The predicted molar refractivity (Wildman–Crippen MR) is 133 cm³/mol. The summed E-state index contributed by atoms with van der Waals surface area (Å²) in [6.45, 7) is 7.14. The number of likely N-dealkylation sites (tertiary alicyclic amines) is 1. The van der Waals surface area contributed by atoms with E-state index in [4.69, 9.17) is 4.98 Å². The number of hydrogen-bond acceptors (Lipinski definition) is 6. The highest BCUT2D eigenvalue weighted by molar-refractivity contribution is 7.89. The van der Waals surface area contributed by atoms with E-state index in [0.717, 1.165) is 31.4 Å². The molecule has 1 saturated heterocycles. The maximum absolute atomic E-state index is 12.8. The lowest BCUT2D eigenvalue weighted by atomic mass is 9.96. The minimum atomic E-state index is -3.55. The fourth-order valence-corrected chi connectivity index (χ4v) is 6.49. The van der Waals surface area contributed by atoms with E-state index < -0.39 is 10.0 Å². The number of nitrogens with zero attached hydrogens (tertiary/aromatic N) is 2. The summed E-state index contributed by atoms with van der Waals surface area (Å²) >= 11 is 1.77. The van der Waals surface area contributed by atoms with Crippen LogP contribution in [-0.2, 0) is 14.8 Å². The lowest BCUT2D eigenvalue weighted by molar-refractivity contribution is -0.121. The maximum Gasteiger partial charge on any atom is 0.241 e. The van der Waals surface area contributed by atoms with Crippen LogP contribution in [0.25, 0.3) is 10.2 Å². The van der Waals surface area contributed by atoms with Crippen LogP contribution in [-0.4, -0.2) is 49.4 Å². The summed E-state index contributed by atoms with van der Waals surface area (Å²) < 4.78 is 28.3. The van der Waals surface area contributed by atoms with E-state index in [1.165, 1.54) is 21.8 Å². The number of hydrogen-bond donors (Lipinski definition) is 2. The third kappa shape index (κ3) is 5.60. The second kappa shape index (κ2) is 9.89. The average Bonchev–Trinajstić information content (AvgIpc) is 3.22. The van der Waals surface area contributed by atoms with Crippen LogP contribution in [0.1, 0.15) is 44.5 Å². The highest BCUT2D eigenvalue weighted by Crippen LogP contribution is 2.34. The number of carbonyl (C=O) groups is 1. The molecule has 0 aliphatic carbocycles. The van der Waals surface area contributed by atoms with Crippen LogP contribution in [0.15, 0.2) is 53.4 Å². The van der Waals surface area contributed by atoms with Gasteiger partial charge in [0.15, 0.2) is 0 Å². The van der Waals surface area contributed by atoms with E-state index in [2.05, 4.69) is 27.1 Å². The van der Waals surface area contributed by atoms with Crippen molar-refractivity contribution in [2.75, 3.05) is 18.4 Å². The summed E-state index contributed by atoms with van der Waals surface area (Å²) in [5.74, 6) is 0.340. The Hall–Kier alpha value is -2.33. The number of sulfonamides is 1. The standard InChI is InChI=1S/C24H30N4O3S2/c1-16(2)27-33(30,31)20-10-8-19(9-11-20)25-23(29)17(3)28-14-12-18(13-15-28)24-26-21-6-4-5-7-22(21)32-24/h4-11,16-18,27H,12-15H2,1-3H3,(H,25,29). The molecule has 2 N–H and O–H groups in total. The van der Waals surface area contributed by atoms with Gasteiger partial charge in [0.2, 0.25) is 15.9 Å². The van der Waals surface area contributed by atoms with Crippen molar-refractivity contribution in [3.63, 3.8) is 0 Å². The molecule has 2 aromatic carbocycles. The smallest absolute Gasteiger partial charge is 0.241 e. The van der Waals surface area contributed by atoms with Crippen molar-refractivity contribution in [3.8, 4) is 0 Å². The van der Waals surface area contributed by atoms with Crippen LogP contribution in [0.4, 0.5) is 5.69 Å². The summed E-state index contributed by atoms with van der Waals surface area (Å²) in [6, 6.07) is 14.0.